The molecule has 1 aromatic carbocycles. The fraction of sp³-hybridized carbons (Fsp3) is 0.286. The number of amides is 1. The summed E-state index contributed by atoms with van der Waals surface area (Å²) in [4.78, 5) is 24.4. The number of carbonyl (C=O) groups excluding carboxylic acids is 1. The Hall–Kier alpha value is -3.35. The van der Waals surface area contributed by atoms with Gasteiger partial charge in [-0.05, 0) is 30.3 Å². The molecule has 1 saturated heterocycles. The molecule has 1 amide bonds. The molecule has 0 spiro atoms. The van der Waals surface area contributed by atoms with Crippen molar-refractivity contribution in [1.82, 2.24) is 19.4 Å². The summed E-state index contributed by atoms with van der Waals surface area (Å²) in [5, 5.41) is 0. The Bertz CT molecular complexity index is 959. The van der Waals surface area contributed by atoms with Crippen LogP contribution in [0.4, 0.5) is 5.69 Å². The fourth-order valence-electron chi connectivity index (χ4n) is 3.49. The number of piperazine rings is 1. The van der Waals surface area contributed by atoms with Crippen LogP contribution in [0.5, 0.6) is 5.88 Å². The highest BCUT2D eigenvalue weighted by molar-refractivity contribution is 5.73. The van der Waals surface area contributed by atoms with Gasteiger partial charge in [0.1, 0.15) is 5.82 Å². The maximum absolute atomic E-state index is 11.5. The molecule has 1 aliphatic heterocycles. The number of ether oxygens (including phenoxy) is 1. The van der Waals surface area contributed by atoms with Crippen LogP contribution in [-0.2, 0) is 4.79 Å². The van der Waals surface area contributed by atoms with E-state index < -0.39 is 0 Å². The summed E-state index contributed by atoms with van der Waals surface area (Å²) < 4.78 is 7.27. The van der Waals surface area contributed by atoms with E-state index in [1.165, 1.54) is 5.69 Å². The van der Waals surface area contributed by atoms with Gasteiger partial charge in [-0.15, -0.1) is 0 Å². The molecule has 4 rings (SSSR count). The van der Waals surface area contributed by atoms with Gasteiger partial charge in [-0.1, -0.05) is 0 Å². The number of pyridine rings is 1. The zero-order valence-electron chi connectivity index (χ0n) is 16.1. The topological polar surface area (TPSA) is 63.5 Å². The number of anilines is 1. The van der Waals surface area contributed by atoms with Crippen molar-refractivity contribution in [1.29, 1.82) is 0 Å². The van der Waals surface area contributed by atoms with E-state index in [0.717, 1.165) is 43.3 Å². The average Bonchev–Trinajstić information content (AvgIpc) is 3.24. The second kappa shape index (κ2) is 7.72. The van der Waals surface area contributed by atoms with Crippen LogP contribution >= 0.6 is 0 Å². The first-order chi connectivity index (χ1) is 13.7. The zero-order valence-corrected chi connectivity index (χ0v) is 16.1. The average molecular weight is 377 g/mol. The Morgan fingerprint density at radius 1 is 0.964 bits per heavy atom. The van der Waals surface area contributed by atoms with Crippen LogP contribution in [-0.4, -0.2) is 58.6 Å². The molecule has 2 aromatic heterocycles. The van der Waals surface area contributed by atoms with Crippen molar-refractivity contribution in [3.8, 4) is 23.0 Å². The van der Waals surface area contributed by atoms with Crippen LogP contribution in [0.1, 0.15) is 6.92 Å². The van der Waals surface area contributed by atoms with Gasteiger partial charge in [-0.2, -0.15) is 0 Å². The van der Waals surface area contributed by atoms with Crippen molar-refractivity contribution >= 4 is 11.6 Å². The molecule has 1 aliphatic rings. The summed E-state index contributed by atoms with van der Waals surface area (Å²) in [6.45, 7) is 4.88. The van der Waals surface area contributed by atoms with Gasteiger partial charge in [0, 0.05) is 74.7 Å². The van der Waals surface area contributed by atoms with E-state index in [1.807, 2.05) is 27.8 Å². The van der Waals surface area contributed by atoms with Crippen molar-refractivity contribution < 1.29 is 9.53 Å². The molecule has 144 valence electrons. The molecule has 3 heterocycles. The molecule has 0 N–H and O–H groups in total. The van der Waals surface area contributed by atoms with Gasteiger partial charge in [-0.3, -0.25) is 9.36 Å². The lowest BCUT2D eigenvalue weighted by Gasteiger charge is -2.35. The van der Waals surface area contributed by atoms with E-state index in [0.29, 0.717) is 5.88 Å². The number of nitrogens with zero attached hydrogens (tertiary/aromatic N) is 5. The molecule has 0 aliphatic carbocycles. The molecule has 0 radical (unpaired) electrons. The number of hydrogen-bond donors (Lipinski definition) is 0. The second-order valence-electron chi connectivity index (χ2n) is 6.72. The number of hydrogen-bond acceptors (Lipinski definition) is 5. The maximum atomic E-state index is 11.5. The molecule has 0 bridgehead atoms. The van der Waals surface area contributed by atoms with Crippen molar-refractivity contribution in [3.63, 3.8) is 0 Å². The van der Waals surface area contributed by atoms with Crippen molar-refractivity contribution in [2.45, 2.75) is 6.92 Å². The predicted octanol–water partition coefficient (Wildman–Crippen LogP) is 2.61. The summed E-state index contributed by atoms with van der Waals surface area (Å²) in [6.07, 6.45) is 5.46. The Balaban J connectivity index is 1.54. The number of carbonyl (C=O) groups is 1. The minimum absolute atomic E-state index is 0.148. The van der Waals surface area contributed by atoms with Gasteiger partial charge in [0.2, 0.25) is 11.8 Å². The number of methoxy groups -OCH3 is 1. The first-order valence-corrected chi connectivity index (χ1v) is 9.30. The second-order valence-corrected chi connectivity index (χ2v) is 6.72. The predicted molar refractivity (Wildman–Crippen MR) is 108 cm³/mol. The number of rotatable bonds is 4. The van der Waals surface area contributed by atoms with Crippen molar-refractivity contribution in [2.75, 3.05) is 38.2 Å². The lowest BCUT2D eigenvalue weighted by atomic mass is 10.2. The third-order valence-electron chi connectivity index (χ3n) is 5.06. The number of benzene rings is 1. The quantitative estimate of drug-likeness (QED) is 0.699. The summed E-state index contributed by atoms with van der Waals surface area (Å²) in [6, 6.07) is 12.2. The van der Waals surface area contributed by atoms with E-state index in [2.05, 4.69) is 39.1 Å². The normalized spacial score (nSPS) is 14.2. The first kappa shape index (κ1) is 18.0. The van der Waals surface area contributed by atoms with Gasteiger partial charge in [0.15, 0.2) is 0 Å². The van der Waals surface area contributed by atoms with Gasteiger partial charge in [0.25, 0.3) is 0 Å². The maximum Gasteiger partial charge on any atom is 0.219 e. The third-order valence-corrected chi connectivity index (χ3v) is 5.06. The molecule has 1 fully saturated rings. The van der Waals surface area contributed by atoms with Gasteiger partial charge in [0.05, 0.1) is 7.11 Å². The Morgan fingerprint density at radius 3 is 2.36 bits per heavy atom. The first-order valence-electron chi connectivity index (χ1n) is 9.30. The van der Waals surface area contributed by atoms with Crippen molar-refractivity contribution in [3.05, 3.63) is 55.0 Å². The Labute approximate surface area is 164 Å². The lowest BCUT2D eigenvalue weighted by molar-refractivity contribution is -0.129. The van der Waals surface area contributed by atoms with E-state index in [-0.39, 0.29) is 5.91 Å². The molecular weight excluding hydrogens is 354 g/mol. The smallest absolute Gasteiger partial charge is 0.219 e. The monoisotopic (exact) mass is 377 g/mol. The molecule has 3 aromatic rings. The highest BCUT2D eigenvalue weighted by atomic mass is 16.5. The van der Waals surface area contributed by atoms with Gasteiger partial charge in [-0.25, -0.2) is 9.97 Å². The zero-order chi connectivity index (χ0) is 19.5. The third kappa shape index (κ3) is 3.55. The van der Waals surface area contributed by atoms with Gasteiger partial charge < -0.3 is 14.5 Å². The molecule has 0 unspecified atom stereocenters. The molecule has 28 heavy (non-hydrogen) atoms. The summed E-state index contributed by atoms with van der Waals surface area (Å²) in [5.74, 6) is 1.55. The van der Waals surface area contributed by atoms with Crippen LogP contribution < -0.4 is 9.64 Å². The van der Waals surface area contributed by atoms with E-state index in [9.17, 15) is 4.79 Å². The molecular formula is C21H23N5O2. The van der Waals surface area contributed by atoms with E-state index >= 15 is 0 Å². The molecule has 0 atom stereocenters. The summed E-state index contributed by atoms with van der Waals surface area (Å²) in [7, 11) is 1.60. The van der Waals surface area contributed by atoms with E-state index in [1.54, 1.807) is 26.4 Å². The highest BCUT2D eigenvalue weighted by Crippen LogP contribution is 2.25. The minimum Gasteiger partial charge on any atom is -0.481 e. The molecule has 7 nitrogen and oxygen atoms in total. The Morgan fingerprint density at radius 2 is 1.68 bits per heavy atom. The fourth-order valence-corrected chi connectivity index (χ4v) is 3.49. The molecule has 7 heteroatoms. The lowest BCUT2D eigenvalue weighted by Crippen LogP contribution is -2.48. The molecule has 0 saturated carbocycles. The van der Waals surface area contributed by atoms with Crippen LogP contribution in [0.3, 0.4) is 0 Å². The Kier molecular flexibility index (Phi) is 4.97. The summed E-state index contributed by atoms with van der Waals surface area (Å²) in [5.41, 5.74) is 3.15. The van der Waals surface area contributed by atoms with Gasteiger partial charge >= 0.3 is 0 Å². The largest absolute Gasteiger partial charge is 0.481 e. The minimum atomic E-state index is 0.148. The standard InChI is InChI=1S/C21H23N5O2/c1-16(27)24-11-13-25(14-12-24)18-3-5-19(6-4-18)26-10-9-23-21(26)17-7-8-22-20(15-17)28-2/h3-10,15H,11-14H2,1-2H3. The van der Waals surface area contributed by atoms with Crippen LogP contribution in [0, 0.1) is 0 Å². The number of aromatic nitrogens is 3. The number of imidazole rings is 1. The highest BCUT2D eigenvalue weighted by Gasteiger charge is 2.19. The summed E-state index contributed by atoms with van der Waals surface area (Å²) >= 11 is 0. The van der Waals surface area contributed by atoms with Crippen molar-refractivity contribution in [2.24, 2.45) is 0 Å². The van der Waals surface area contributed by atoms with E-state index in [4.69, 9.17) is 4.74 Å². The van der Waals surface area contributed by atoms with Crippen LogP contribution in [0.25, 0.3) is 17.1 Å². The van der Waals surface area contributed by atoms with Crippen LogP contribution in [0.2, 0.25) is 0 Å². The van der Waals surface area contributed by atoms with Crippen LogP contribution in [0.15, 0.2) is 55.0 Å². The SMILES string of the molecule is COc1cc(-c2nccn2-c2ccc(N3CCN(C(C)=O)CC3)cc2)ccn1.